The van der Waals surface area contributed by atoms with Crippen LogP contribution in [0, 0.1) is 11.3 Å². The number of aliphatic hydroxyl groups is 1. The van der Waals surface area contributed by atoms with E-state index in [0.717, 1.165) is 9.20 Å². The first kappa shape index (κ1) is 24.5. The normalized spacial score (nSPS) is 21.8. The smallest absolute Gasteiger partial charge is 0.262 e. The van der Waals surface area contributed by atoms with Crippen molar-refractivity contribution in [3.8, 4) is 5.75 Å². The van der Waals surface area contributed by atoms with Crippen LogP contribution in [0.1, 0.15) is 13.8 Å². The average Bonchev–Trinajstić information content (AvgIpc) is 3.09. The lowest BCUT2D eigenvalue weighted by atomic mass is 9.75. The molecule has 32 heavy (non-hydrogen) atoms. The van der Waals surface area contributed by atoms with Gasteiger partial charge in [-0.15, -0.1) is 11.8 Å². The van der Waals surface area contributed by atoms with Crippen molar-refractivity contribution in [3.05, 3.63) is 54.6 Å². The van der Waals surface area contributed by atoms with Crippen LogP contribution >= 0.6 is 11.8 Å². The van der Waals surface area contributed by atoms with Gasteiger partial charge >= 0.3 is 0 Å². The number of nitrogens with zero attached hydrogens (tertiary/aromatic N) is 1. The van der Waals surface area contributed by atoms with E-state index >= 15 is 0 Å². The van der Waals surface area contributed by atoms with E-state index in [9.17, 15) is 23.5 Å². The number of aliphatic hydroxyl groups excluding tert-OH is 1. The first-order chi connectivity index (χ1) is 15.1. The fraction of sp³-hybridized carbons (Fsp3) is 0.409. The molecule has 0 radical (unpaired) electrons. The standard InChI is InChI=1S/C22H28N2O6S2/c1-22(2)14-24(32(28,29)17-11-9-15(30-3)10-12-17)20(21(26)23-27)19(22)18(25)13-31-16-7-5-4-6-8-16/h4-12,18-20,25,27H,13-14H2,1-3H3,(H,23,26)/t18-,19?,20?/m0/s1. The molecule has 2 aromatic carbocycles. The molecule has 0 saturated carbocycles. The van der Waals surface area contributed by atoms with Crippen LogP contribution in [0.3, 0.4) is 0 Å². The molecular weight excluding hydrogens is 452 g/mol. The zero-order valence-electron chi connectivity index (χ0n) is 18.1. The minimum Gasteiger partial charge on any atom is -0.497 e. The number of carbonyl (C=O) groups is 1. The number of thioether (sulfide) groups is 1. The zero-order valence-corrected chi connectivity index (χ0v) is 19.8. The number of hydrogen-bond donors (Lipinski definition) is 3. The van der Waals surface area contributed by atoms with Crippen LogP contribution in [0.25, 0.3) is 0 Å². The fourth-order valence-electron chi connectivity index (χ4n) is 4.22. The van der Waals surface area contributed by atoms with Crippen molar-refractivity contribution < 1.29 is 28.3 Å². The Morgan fingerprint density at radius 3 is 2.41 bits per heavy atom. The summed E-state index contributed by atoms with van der Waals surface area (Å²) in [6, 6.07) is 14.1. The van der Waals surface area contributed by atoms with E-state index in [1.807, 2.05) is 44.2 Å². The molecule has 10 heteroatoms. The molecule has 0 bridgehead atoms. The molecule has 0 spiro atoms. The van der Waals surface area contributed by atoms with E-state index in [0.29, 0.717) is 5.75 Å². The van der Waals surface area contributed by atoms with Crippen LogP contribution in [0.5, 0.6) is 5.75 Å². The second-order valence-electron chi connectivity index (χ2n) is 8.35. The summed E-state index contributed by atoms with van der Waals surface area (Å²) in [6.45, 7) is 3.64. The average molecular weight is 481 g/mol. The van der Waals surface area contributed by atoms with E-state index in [2.05, 4.69) is 0 Å². The highest BCUT2D eigenvalue weighted by Crippen LogP contribution is 2.45. The fourth-order valence-corrected chi connectivity index (χ4v) is 6.92. The maximum atomic E-state index is 13.4. The lowest BCUT2D eigenvalue weighted by molar-refractivity contribution is -0.135. The lowest BCUT2D eigenvalue weighted by Crippen LogP contribution is -2.51. The summed E-state index contributed by atoms with van der Waals surface area (Å²) in [7, 11) is -2.60. The predicted molar refractivity (Wildman–Crippen MR) is 121 cm³/mol. The molecule has 3 N–H and O–H groups in total. The highest BCUT2D eigenvalue weighted by atomic mass is 32.2. The number of rotatable bonds is 8. The first-order valence-electron chi connectivity index (χ1n) is 10.1. The van der Waals surface area contributed by atoms with Crippen molar-refractivity contribution in [3.63, 3.8) is 0 Å². The summed E-state index contributed by atoms with van der Waals surface area (Å²) in [5, 5.41) is 20.4. The quantitative estimate of drug-likeness (QED) is 0.302. The monoisotopic (exact) mass is 480 g/mol. The molecule has 2 aromatic rings. The van der Waals surface area contributed by atoms with Gasteiger partial charge in [-0.1, -0.05) is 32.0 Å². The SMILES string of the molecule is COc1ccc(S(=O)(=O)N2CC(C)(C)C([C@@H](O)CSc3ccccc3)C2C(=O)NO)cc1. The molecule has 3 rings (SSSR count). The number of ether oxygens (including phenoxy) is 1. The Labute approximate surface area is 192 Å². The van der Waals surface area contributed by atoms with E-state index in [1.165, 1.54) is 43.1 Å². The number of carbonyl (C=O) groups excluding carboxylic acids is 1. The van der Waals surface area contributed by atoms with Crippen molar-refractivity contribution in [1.82, 2.24) is 9.79 Å². The molecule has 1 amide bonds. The minimum absolute atomic E-state index is 0.00126. The Kier molecular flexibility index (Phi) is 7.51. The number of hydroxylamine groups is 1. The Morgan fingerprint density at radius 1 is 1.22 bits per heavy atom. The molecule has 174 valence electrons. The van der Waals surface area contributed by atoms with Gasteiger partial charge in [0.05, 0.1) is 18.1 Å². The van der Waals surface area contributed by atoms with E-state index < -0.39 is 39.4 Å². The van der Waals surface area contributed by atoms with Gasteiger partial charge in [0.25, 0.3) is 5.91 Å². The van der Waals surface area contributed by atoms with Crippen molar-refractivity contribution in [2.75, 3.05) is 19.4 Å². The summed E-state index contributed by atoms with van der Waals surface area (Å²) in [4.78, 5) is 13.6. The Balaban J connectivity index is 1.92. The van der Waals surface area contributed by atoms with Gasteiger partial charge in [-0.05, 0) is 41.8 Å². The molecule has 1 aliphatic heterocycles. The Hall–Kier alpha value is -2.11. The highest BCUT2D eigenvalue weighted by molar-refractivity contribution is 7.99. The molecule has 1 saturated heterocycles. The van der Waals surface area contributed by atoms with Gasteiger partial charge in [0.1, 0.15) is 11.8 Å². The van der Waals surface area contributed by atoms with Gasteiger partial charge in [0, 0.05) is 23.1 Å². The van der Waals surface area contributed by atoms with Crippen LogP contribution in [0.2, 0.25) is 0 Å². The third kappa shape index (κ3) is 4.94. The van der Waals surface area contributed by atoms with Gasteiger partial charge < -0.3 is 9.84 Å². The molecule has 0 aromatic heterocycles. The topological polar surface area (TPSA) is 116 Å². The number of methoxy groups -OCH3 is 1. The zero-order chi connectivity index (χ0) is 23.5. The number of benzene rings is 2. The van der Waals surface area contributed by atoms with Gasteiger partial charge in [-0.25, -0.2) is 13.9 Å². The third-order valence-corrected chi connectivity index (χ3v) is 8.69. The van der Waals surface area contributed by atoms with Crippen LogP contribution in [-0.2, 0) is 14.8 Å². The van der Waals surface area contributed by atoms with Gasteiger partial charge in [-0.2, -0.15) is 4.31 Å². The molecule has 0 aliphatic carbocycles. The maximum absolute atomic E-state index is 13.4. The number of hydrogen-bond acceptors (Lipinski definition) is 7. The van der Waals surface area contributed by atoms with Gasteiger partial charge in [-0.3, -0.25) is 10.0 Å². The Morgan fingerprint density at radius 2 is 1.84 bits per heavy atom. The van der Waals surface area contributed by atoms with E-state index in [1.54, 1.807) is 5.48 Å². The molecule has 8 nitrogen and oxygen atoms in total. The maximum Gasteiger partial charge on any atom is 0.262 e. The predicted octanol–water partition coefficient (Wildman–Crippen LogP) is 2.37. The number of nitrogens with one attached hydrogen (secondary N) is 1. The lowest BCUT2D eigenvalue weighted by Gasteiger charge is -2.32. The summed E-state index contributed by atoms with van der Waals surface area (Å²) in [5.74, 6) is -0.842. The summed E-state index contributed by atoms with van der Waals surface area (Å²) in [6.07, 6.45) is -0.992. The van der Waals surface area contributed by atoms with E-state index in [4.69, 9.17) is 4.74 Å². The second kappa shape index (κ2) is 9.80. The van der Waals surface area contributed by atoms with Gasteiger partial charge in [0.15, 0.2) is 0 Å². The van der Waals surface area contributed by atoms with Crippen molar-refractivity contribution in [2.24, 2.45) is 11.3 Å². The minimum atomic E-state index is -4.08. The molecule has 1 heterocycles. The summed E-state index contributed by atoms with van der Waals surface area (Å²) >= 11 is 1.42. The largest absolute Gasteiger partial charge is 0.497 e. The summed E-state index contributed by atoms with van der Waals surface area (Å²) in [5.41, 5.74) is 0.863. The van der Waals surface area contributed by atoms with Gasteiger partial charge in [0.2, 0.25) is 10.0 Å². The third-order valence-electron chi connectivity index (χ3n) is 5.74. The van der Waals surface area contributed by atoms with Crippen LogP contribution in [-0.4, -0.2) is 60.5 Å². The molecule has 1 fully saturated rings. The van der Waals surface area contributed by atoms with Crippen molar-refractivity contribution >= 4 is 27.7 Å². The van der Waals surface area contributed by atoms with Crippen LogP contribution in [0.15, 0.2) is 64.4 Å². The van der Waals surface area contributed by atoms with E-state index in [-0.39, 0.29) is 17.2 Å². The summed E-state index contributed by atoms with van der Waals surface area (Å²) < 4.78 is 33.0. The number of amides is 1. The Bertz CT molecular complexity index is 1030. The highest BCUT2D eigenvalue weighted by Gasteiger charge is 2.56. The van der Waals surface area contributed by atoms with Crippen molar-refractivity contribution in [2.45, 2.75) is 35.8 Å². The molecule has 3 atom stereocenters. The van der Waals surface area contributed by atoms with Crippen LogP contribution in [0.4, 0.5) is 0 Å². The van der Waals surface area contributed by atoms with Crippen LogP contribution < -0.4 is 10.2 Å². The first-order valence-corrected chi connectivity index (χ1v) is 12.5. The molecule has 2 unspecified atom stereocenters. The van der Waals surface area contributed by atoms with Crippen molar-refractivity contribution in [1.29, 1.82) is 0 Å². The second-order valence-corrected chi connectivity index (χ2v) is 11.3. The molecular formula is C22H28N2O6S2. The molecule has 1 aliphatic rings. The number of sulfonamides is 1.